The monoisotopic (exact) mass is 309 g/mol. The largest absolute Gasteiger partial charge is 0.397 e. The molecule has 0 radical (unpaired) electrons. The molecule has 0 saturated carbocycles. The van der Waals surface area contributed by atoms with Gasteiger partial charge in [-0.1, -0.05) is 13.8 Å². The molecule has 0 atom stereocenters. The van der Waals surface area contributed by atoms with Crippen LogP contribution in [0.2, 0.25) is 0 Å². The molecule has 0 aliphatic carbocycles. The van der Waals surface area contributed by atoms with Gasteiger partial charge in [-0.05, 0) is 44.2 Å². The SMILES string of the molecule is CCNC(=O)c1ccc(NCC(CC)(CC)SC)c(N)c1. The lowest BCUT2D eigenvalue weighted by Crippen LogP contribution is -2.32. The van der Waals surface area contributed by atoms with Crippen molar-refractivity contribution in [1.29, 1.82) is 0 Å². The van der Waals surface area contributed by atoms with Gasteiger partial charge in [0, 0.05) is 23.4 Å². The van der Waals surface area contributed by atoms with Gasteiger partial charge in [0.1, 0.15) is 0 Å². The quantitative estimate of drug-likeness (QED) is 0.644. The molecule has 0 aliphatic heterocycles. The van der Waals surface area contributed by atoms with E-state index in [1.807, 2.05) is 30.8 Å². The van der Waals surface area contributed by atoms with E-state index in [1.54, 1.807) is 6.07 Å². The van der Waals surface area contributed by atoms with E-state index < -0.39 is 0 Å². The molecule has 0 bridgehead atoms. The van der Waals surface area contributed by atoms with Crippen LogP contribution in [-0.4, -0.2) is 30.0 Å². The lowest BCUT2D eigenvalue weighted by molar-refractivity contribution is 0.0956. The fourth-order valence-corrected chi connectivity index (χ4v) is 3.04. The fourth-order valence-electron chi connectivity index (χ4n) is 2.24. The Morgan fingerprint density at radius 2 is 1.95 bits per heavy atom. The Morgan fingerprint density at radius 1 is 1.29 bits per heavy atom. The standard InChI is InChI=1S/C16H27N3OS/c1-5-16(6-2,21-4)11-19-14-9-8-12(10-13(14)17)15(20)18-7-3/h8-10,19H,5-7,11,17H2,1-4H3,(H,18,20). The molecule has 1 aromatic rings. The van der Waals surface area contributed by atoms with Crippen LogP contribution in [0, 0.1) is 0 Å². The number of rotatable bonds is 8. The number of nitrogens with two attached hydrogens (primary N) is 1. The molecule has 0 unspecified atom stereocenters. The van der Waals surface area contributed by atoms with Crippen molar-refractivity contribution in [2.45, 2.75) is 38.4 Å². The van der Waals surface area contributed by atoms with Gasteiger partial charge in [-0.25, -0.2) is 0 Å². The topological polar surface area (TPSA) is 67.2 Å². The average molecular weight is 309 g/mol. The second kappa shape index (κ2) is 8.17. The third-order valence-electron chi connectivity index (χ3n) is 3.97. The van der Waals surface area contributed by atoms with Crippen LogP contribution >= 0.6 is 11.8 Å². The predicted molar refractivity (Wildman–Crippen MR) is 94.2 cm³/mol. The zero-order chi connectivity index (χ0) is 15.9. The van der Waals surface area contributed by atoms with E-state index >= 15 is 0 Å². The molecule has 118 valence electrons. The Kier molecular flexibility index (Phi) is 6.89. The van der Waals surface area contributed by atoms with E-state index in [0.29, 0.717) is 17.8 Å². The number of anilines is 2. The average Bonchev–Trinajstić information content (AvgIpc) is 2.50. The van der Waals surface area contributed by atoms with Gasteiger partial charge in [0.15, 0.2) is 0 Å². The van der Waals surface area contributed by atoms with E-state index in [2.05, 4.69) is 30.7 Å². The van der Waals surface area contributed by atoms with Gasteiger partial charge in [-0.2, -0.15) is 11.8 Å². The zero-order valence-corrected chi connectivity index (χ0v) is 14.3. The summed E-state index contributed by atoms with van der Waals surface area (Å²) < 4.78 is 0.227. The minimum absolute atomic E-state index is 0.0867. The summed E-state index contributed by atoms with van der Waals surface area (Å²) in [5.74, 6) is -0.0867. The van der Waals surface area contributed by atoms with Crippen molar-refractivity contribution in [2.75, 3.05) is 30.4 Å². The molecule has 1 amide bonds. The van der Waals surface area contributed by atoms with E-state index in [9.17, 15) is 4.79 Å². The Bertz CT molecular complexity index is 464. The number of benzene rings is 1. The van der Waals surface area contributed by atoms with Gasteiger partial charge >= 0.3 is 0 Å². The summed E-state index contributed by atoms with van der Waals surface area (Å²) in [6.45, 7) is 7.80. The molecule has 0 aromatic heterocycles. The summed E-state index contributed by atoms with van der Waals surface area (Å²) >= 11 is 1.89. The van der Waals surface area contributed by atoms with Crippen LogP contribution < -0.4 is 16.4 Å². The summed E-state index contributed by atoms with van der Waals surface area (Å²) in [6, 6.07) is 5.42. The first-order valence-electron chi connectivity index (χ1n) is 7.48. The van der Waals surface area contributed by atoms with Crippen LogP contribution in [0.15, 0.2) is 18.2 Å². The highest BCUT2D eigenvalue weighted by molar-refractivity contribution is 8.00. The molecule has 0 spiro atoms. The van der Waals surface area contributed by atoms with Gasteiger partial charge in [0.25, 0.3) is 5.91 Å². The maximum absolute atomic E-state index is 11.8. The molecule has 0 saturated heterocycles. The molecule has 1 rings (SSSR count). The van der Waals surface area contributed by atoms with Crippen molar-refractivity contribution in [3.63, 3.8) is 0 Å². The Morgan fingerprint density at radius 3 is 2.43 bits per heavy atom. The normalized spacial score (nSPS) is 11.2. The van der Waals surface area contributed by atoms with Crippen LogP contribution in [0.1, 0.15) is 44.0 Å². The predicted octanol–water partition coefficient (Wildman–Crippen LogP) is 3.35. The Balaban J connectivity index is 2.79. The van der Waals surface area contributed by atoms with Gasteiger partial charge in [-0.3, -0.25) is 4.79 Å². The molecule has 4 N–H and O–H groups in total. The van der Waals surface area contributed by atoms with Gasteiger partial charge in [0.05, 0.1) is 11.4 Å². The summed E-state index contributed by atoms with van der Waals surface area (Å²) in [4.78, 5) is 11.8. The van der Waals surface area contributed by atoms with Crippen molar-refractivity contribution >= 4 is 29.0 Å². The molecule has 5 heteroatoms. The number of hydrogen-bond donors (Lipinski definition) is 3. The number of nitrogens with one attached hydrogen (secondary N) is 2. The van der Waals surface area contributed by atoms with E-state index in [0.717, 1.165) is 25.1 Å². The third-order valence-corrected chi connectivity index (χ3v) is 5.56. The Labute approximate surface area is 132 Å². The maximum atomic E-state index is 11.8. The van der Waals surface area contributed by atoms with Crippen molar-refractivity contribution in [3.05, 3.63) is 23.8 Å². The Hall–Kier alpha value is -1.36. The lowest BCUT2D eigenvalue weighted by atomic mass is 10.0. The van der Waals surface area contributed by atoms with Crippen LogP contribution in [-0.2, 0) is 0 Å². The highest BCUT2D eigenvalue weighted by Gasteiger charge is 2.24. The van der Waals surface area contributed by atoms with Gasteiger partial charge in [0.2, 0.25) is 0 Å². The highest BCUT2D eigenvalue weighted by atomic mass is 32.2. The molecule has 0 fully saturated rings. The summed E-state index contributed by atoms with van der Waals surface area (Å²) in [5, 5.41) is 6.20. The number of nitrogen functional groups attached to an aromatic ring is 1. The number of hydrogen-bond acceptors (Lipinski definition) is 4. The van der Waals surface area contributed by atoms with Gasteiger partial charge in [-0.15, -0.1) is 0 Å². The van der Waals surface area contributed by atoms with E-state index in [4.69, 9.17) is 5.73 Å². The van der Waals surface area contributed by atoms with Crippen molar-refractivity contribution < 1.29 is 4.79 Å². The smallest absolute Gasteiger partial charge is 0.251 e. The molecule has 4 nitrogen and oxygen atoms in total. The van der Waals surface area contributed by atoms with Gasteiger partial charge < -0.3 is 16.4 Å². The highest BCUT2D eigenvalue weighted by Crippen LogP contribution is 2.31. The van der Waals surface area contributed by atoms with E-state index in [-0.39, 0.29) is 10.7 Å². The van der Waals surface area contributed by atoms with Crippen LogP contribution in [0.3, 0.4) is 0 Å². The number of amides is 1. The number of thioether (sulfide) groups is 1. The van der Waals surface area contributed by atoms with Crippen LogP contribution in [0.25, 0.3) is 0 Å². The zero-order valence-electron chi connectivity index (χ0n) is 13.5. The van der Waals surface area contributed by atoms with Crippen LogP contribution in [0.5, 0.6) is 0 Å². The number of carbonyl (C=O) groups is 1. The minimum atomic E-state index is -0.0867. The molecule has 1 aromatic carbocycles. The molecule has 21 heavy (non-hydrogen) atoms. The summed E-state index contributed by atoms with van der Waals surface area (Å²) in [5.41, 5.74) is 8.16. The summed E-state index contributed by atoms with van der Waals surface area (Å²) in [6.07, 6.45) is 4.36. The maximum Gasteiger partial charge on any atom is 0.251 e. The first kappa shape index (κ1) is 17.7. The summed E-state index contributed by atoms with van der Waals surface area (Å²) in [7, 11) is 0. The first-order valence-corrected chi connectivity index (χ1v) is 8.71. The molecular formula is C16H27N3OS. The van der Waals surface area contributed by atoms with Crippen molar-refractivity contribution in [2.24, 2.45) is 0 Å². The lowest BCUT2D eigenvalue weighted by Gasteiger charge is -2.30. The number of carbonyl (C=O) groups excluding carboxylic acids is 1. The minimum Gasteiger partial charge on any atom is -0.397 e. The van der Waals surface area contributed by atoms with E-state index in [1.165, 1.54) is 0 Å². The fraction of sp³-hybridized carbons (Fsp3) is 0.562. The van der Waals surface area contributed by atoms with Crippen molar-refractivity contribution in [3.8, 4) is 0 Å². The second-order valence-corrected chi connectivity index (χ2v) is 6.38. The second-order valence-electron chi connectivity index (χ2n) is 5.11. The van der Waals surface area contributed by atoms with Crippen LogP contribution in [0.4, 0.5) is 11.4 Å². The third kappa shape index (κ3) is 4.56. The first-order chi connectivity index (χ1) is 10.0. The molecule has 0 heterocycles. The molecule has 0 aliphatic rings. The van der Waals surface area contributed by atoms with Crippen molar-refractivity contribution in [1.82, 2.24) is 5.32 Å². The molecular weight excluding hydrogens is 282 g/mol.